The fourth-order valence-corrected chi connectivity index (χ4v) is 2.50. The van der Waals surface area contributed by atoms with Crippen LogP contribution in [0.15, 0.2) is 73.1 Å². The minimum absolute atomic E-state index is 0.0653. The quantitative estimate of drug-likeness (QED) is 0.554. The average Bonchev–Trinajstić information content (AvgIpc) is 3.17. The Morgan fingerprint density at radius 2 is 1.64 bits per heavy atom. The highest BCUT2D eigenvalue weighted by Gasteiger charge is 2.07. The maximum Gasteiger partial charge on any atom is 0.269 e. The second-order valence-electron chi connectivity index (χ2n) is 5.57. The Labute approximate surface area is 144 Å². The zero-order valence-corrected chi connectivity index (χ0v) is 13.5. The lowest BCUT2D eigenvalue weighted by Crippen LogP contribution is -2.25. The Bertz CT molecular complexity index is 854. The van der Waals surface area contributed by atoms with Crippen LogP contribution in [0.5, 0.6) is 0 Å². The van der Waals surface area contributed by atoms with Crippen molar-refractivity contribution in [1.29, 1.82) is 0 Å². The van der Waals surface area contributed by atoms with Crippen molar-refractivity contribution in [2.45, 2.75) is 6.42 Å². The zero-order chi connectivity index (χ0) is 17.6. The molecule has 0 aliphatic rings. The number of non-ortho nitro benzene ring substituents is 1. The molecule has 2 aromatic carbocycles. The molecule has 3 rings (SSSR count). The molecule has 0 fully saturated rings. The normalized spacial score (nSPS) is 10.4. The van der Waals surface area contributed by atoms with E-state index in [-0.39, 0.29) is 11.6 Å². The Hall–Kier alpha value is -3.41. The smallest absolute Gasteiger partial charge is 0.269 e. The Kier molecular flexibility index (Phi) is 4.89. The van der Waals surface area contributed by atoms with Gasteiger partial charge >= 0.3 is 0 Å². The molecule has 25 heavy (non-hydrogen) atoms. The van der Waals surface area contributed by atoms with Gasteiger partial charge in [0.2, 0.25) is 0 Å². The molecule has 6 nitrogen and oxygen atoms in total. The van der Waals surface area contributed by atoms with Gasteiger partial charge in [-0.3, -0.25) is 14.9 Å². The molecule has 1 aromatic heterocycles. The summed E-state index contributed by atoms with van der Waals surface area (Å²) in [6.45, 7) is 0.468. The number of benzene rings is 2. The van der Waals surface area contributed by atoms with E-state index in [2.05, 4.69) is 5.32 Å². The first-order valence-electron chi connectivity index (χ1n) is 7.88. The van der Waals surface area contributed by atoms with Crippen LogP contribution in [0.2, 0.25) is 0 Å². The molecular weight excluding hydrogens is 318 g/mol. The topological polar surface area (TPSA) is 77.2 Å². The zero-order valence-electron chi connectivity index (χ0n) is 13.5. The summed E-state index contributed by atoms with van der Waals surface area (Å²) in [4.78, 5) is 22.4. The Morgan fingerprint density at radius 3 is 2.24 bits per heavy atom. The number of carbonyl (C=O) groups is 1. The molecule has 0 aliphatic carbocycles. The summed E-state index contributed by atoms with van der Waals surface area (Å²) in [5.74, 6) is -0.138. The summed E-state index contributed by atoms with van der Waals surface area (Å²) < 4.78 is 1.97. The van der Waals surface area contributed by atoms with E-state index in [1.54, 1.807) is 24.3 Å². The number of hydrogen-bond donors (Lipinski definition) is 1. The molecule has 1 N–H and O–H groups in total. The number of rotatable bonds is 6. The van der Waals surface area contributed by atoms with Crippen LogP contribution in [0.1, 0.15) is 15.9 Å². The molecule has 0 unspecified atom stereocenters. The van der Waals surface area contributed by atoms with Gasteiger partial charge in [0.15, 0.2) is 0 Å². The molecule has 6 heteroatoms. The van der Waals surface area contributed by atoms with Gasteiger partial charge in [-0.05, 0) is 48.4 Å². The van der Waals surface area contributed by atoms with Gasteiger partial charge in [-0.1, -0.05) is 12.1 Å². The van der Waals surface area contributed by atoms with E-state index in [0.29, 0.717) is 18.5 Å². The summed E-state index contributed by atoms with van der Waals surface area (Å²) in [6, 6.07) is 17.6. The highest BCUT2D eigenvalue weighted by molar-refractivity contribution is 5.94. The van der Waals surface area contributed by atoms with E-state index in [1.165, 1.54) is 12.1 Å². The van der Waals surface area contributed by atoms with Gasteiger partial charge in [-0.25, -0.2) is 0 Å². The molecule has 0 saturated carbocycles. The molecule has 1 heterocycles. The van der Waals surface area contributed by atoms with Gasteiger partial charge in [0.25, 0.3) is 11.6 Å². The summed E-state index contributed by atoms with van der Waals surface area (Å²) in [7, 11) is 0. The number of hydrogen-bond acceptors (Lipinski definition) is 3. The Morgan fingerprint density at radius 1 is 1.00 bits per heavy atom. The number of nitrogens with zero attached hydrogens (tertiary/aromatic N) is 2. The number of nitro groups is 1. The molecule has 0 bridgehead atoms. The van der Waals surface area contributed by atoms with Crippen molar-refractivity contribution in [2.75, 3.05) is 6.54 Å². The molecule has 0 radical (unpaired) electrons. The first-order chi connectivity index (χ1) is 12.1. The van der Waals surface area contributed by atoms with Crippen molar-refractivity contribution in [2.24, 2.45) is 0 Å². The first-order valence-corrected chi connectivity index (χ1v) is 7.88. The second-order valence-corrected chi connectivity index (χ2v) is 5.57. The molecule has 0 aliphatic heterocycles. The van der Waals surface area contributed by atoms with Gasteiger partial charge in [-0.15, -0.1) is 0 Å². The van der Waals surface area contributed by atoms with Crippen LogP contribution in [-0.2, 0) is 6.42 Å². The molecule has 126 valence electrons. The van der Waals surface area contributed by atoms with E-state index in [9.17, 15) is 14.9 Å². The third-order valence-electron chi connectivity index (χ3n) is 3.88. The summed E-state index contributed by atoms with van der Waals surface area (Å²) in [6.07, 6.45) is 4.50. The fourth-order valence-electron chi connectivity index (χ4n) is 2.50. The fraction of sp³-hybridized carbons (Fsp3) is 0.105. The van der Waals surface area contributed by atoms with Gasteiger partial charge in [0.05, 0.1) is 4.92 Å². The maximum absolute atomic E-state index is 12.2. The molecule has 0 saturated heterocycles. The van der Waals surface area contributed by atoms with Gasteiger partial charge < -0.3 is 9.88 Å². The van der Waals surface area contributed by atoms with Crippen molar-refractivity contribution < 1.29 is 9.72 Å². The summed E-state index contributed by atoms with van der Waals surface area (Å²) in [5.41, 5.74) is 2.59. The van der Waals surface area contributed by atoms with Crippen LogP contribution < -0.4 is 5.32 Å². The SMILES string of the molecule is O=C(NCCc1ccc([N+](=O)[O-])cc1)c1ccc(-n2cccc2)cc1. The van der Waals surface area contributed by atoms with Gasteiger partial charge in [0, 0.05) is 42.3 Å². The van der Waals surface area contributed by atoms with Gasteiger partial charge in [-0.2, -0.15) is 0 Å². The minimum atomic E-state index is -0.428. The second kappa shape index (κ2) is 7.44. The summed E-state index contributed by atoms with van der Waals surface area (Å²) >= 11 is 0. The molecular formula is C19H17N3O3. The molecule has 0 atom stereocenters. The van der Waals surface area contributed by atoms with Crippen molar-refractivity contribution in [3.63, 3.8) is 0 Å². The van der Waals surface area contributed by atoms with E-state index in [1.807, 2.05) is 41.2 Å². The number of nitrogens with one attached hydrogen (secondary N) is 1. The molecule has 1 amide bonds. The van der Waals surface area contributed by atoms with Crippen molar-refractivity contribution in [3.05, 3.63) is 94.3 Å². The average molecular weight is 335 g/mol. The van der Waals surface area contributed by atoms with Crippen LogP contribution in [0.4, 0.5) is 5.69 Å². The minimum Gasteiger partial charge on any atom is -0.352 e. The van der Waals surface area contributed by atoms with Crippen LogP contribution >= 0.6 is 0 Å². The standard InChI is InChI=1S/C19H17N3O3/c23-19(16-5-9-17(10-6-16)21-13-1-2-14-21)20-12-11-15-3-7-18(8-4-15)22(24)25/h1-10,13-14H,11-12H2,(H,20,23). The van der Waals surface area contributed by atoms with Crippen LogP contribution in [-0.4, -0.2) is 21.9 Å². The number of nitro benzene ring substituents is 1. The molecule has 3 aromatic rings. The van der Waals surface area contributed by atoms with Crippen molar-refractivity contribution >= 4 is 11.6 Å². The highest BCUT2D eigenvalue weighted by atomic mass is 16.6. The molecule has 0 spiro atoms. The lowest BCUT2D eigenvalue weighted by Gasteiger charge is -2.07. The largest absolute Gasteiger partial charge is 0.352 e. The van der Waals surface area contributed by atoms with E-state index >= 15 is 0 Å². The first kappa shape index (κ1) is 16.4. The third-order valence-corrected chi connectivity index (χ3v) is 3.88. The Balaban J connectivity index is 1.53. The van der Waals surface area contributed by atoms with Crippen molar-refractivity contribution in [3.8, 4) is 5.69 Å². The number of carbonyl (C=O) groups excluding carboxylic acids is 1. The van der Waals surface area contributed by atoms with E-state index < -0.39 is 4.92 Å². The van der Waals surface area contributed by atoms with Crippen LogP contribution in [0.25, 0.3) is 5.69 Å². The third kappa shape index (κ3) is 4.11. The maximum atomic E-state index is 12.2. The van der Waals surface area contributed by atoms with E-state index in [4.69, 9.17) is 0 Å². The van der Waals surface area contributed by atoms with Crippen LogP contribution in [0.3, 0.4) is 0 Å². The number of aromatic nitrogens is 1. The van der Waals surface area contributed by atoms with Gasteiger partial charge in [0.1, 0.15) is 0 Å². The predicted octanol–water partition coefficient (Wildman–Crippen LogP) is 3.36. The predicted molar refractivity (Wildman–Crippen MR) is 94.9 cm³/mol. The highest BCUT2D eigenvalue weighted by Crippen LogP contribution is 2.12. The lowest BCUT2D eigenvalue weighted by atomic mass is 10.1. The lowest BCUT2D eigenvalue weighted by molar-refractivity contribution is -0.384. The van der Waals surface area contributed by atoms with E-state index in [0.717, 1.165) is 11.3 Å². The van der Waals surface area contributed by atoms with Crippen molar-refractivity contribution in [1.82, 2.24) is 9.88 Å². The summed E-state index contributed by atoms with van der Waals surface area (Å²) in [5, 5.41) is 13.5. The monoisotopic (exact) mass is 335 g/mol. The van der Waals surface area contributed by atoms with Crippen LogP contribution in [0, 0.1) is 10.1 Å². The number of amides is 1.